The summed E-state index contributed by atoms with van der Waals surface area (Å²) in [5.74, 6) is 1.22. The molecule has 2 N–H and O–H groups in total. The number of rotatable bonds is 6. The Bertz CT molecular complexity index is 573. The van der Waals surface area contributed by atoms with Crippen molar-refractivity contribution in [3.8, 4) is 5.75 Å². The van der Waals surface area contributed by atoms with Crippen LogP contribution < -0.4 is 20.3 Å². The lowest BCUT2D eigenvalue weighted by Gasteiger charge is -2.22. The second-order valence-electron chi connectivity index (χ2n) is 6.45. The van der Waals surface area contributed by atoms with E-state index in [1.165, 1.54) is 6.42 Å². The van der Waals surface area contributed by atoms with Crippen molar-refractivity contribution in [2.45, 2.75) is 25.7 Å². The van der Waals surface area contributed by atoms with Crippen LogP contribution in [0.15, 0.2) is 24.3 Å². The molecule has 2 heterocycles. The molecule has 2 aliphatic rings. The lowest BCUT2D eigenvalue weighted by atomic mass is 10.00. The molecule has 2 fully saturated rings. The standard InChI is InChI=1S/C18H25N3O3.ClH/c22-17(20-12-14-3-1-9-19-11-14)13-24-16-7-5-15(6-8-16)21-10-2-4-18(21)23;/h5-8,14,19H,1-4,9-13H2,(H,20,22);1H. The van der Waals surface area contributed by atoms with E-state index in [2.05, 4.69) is 10.6 Å². The van der Waals surface area contributed by atoms with Crippen LogP contribution in [0.25, 0.3) is 0 Å². The minimum Gasteiger partial charge on any atom is -0.484 e. The van der Waals surface area contributed by atoms with Gasteiger partial charge in [0.1, 0.15) is 5.75 Å². The Labute approximate surface area is 154 Å². The molecule has 138 valence electrons. The second-order valence-corrected chi connectivity index (χ2v) is 6.45. The van der Waals surface area contributed by atoms with Crippen molar-refractivity contribution < 1.29 is 14.3 Å². The van der Waals surface area contributed by atoms with Crippen LogP contribution in [0.5, 0.6) is 5.75 Å². The molecule has 7 heteroatoms. The number of hydrogen-bond acceptors (Lipinski definition) is 4. The minimum absolute atomic E-state index is 0. The maximum Gasteiger partial charge on any atom is 0.257 e. The molecular weight excluding hydrogens is 342 g/mol. The van der Waals surface area contributed by atoms with Crippen molar-refractivity contribution in [1.82, 2.24) is 10.6 Å². The number of carbonyl (C=O) groups excluding carboxylic acids is 2. The van der Waals surface area contributed by atoms with Crippen LogP contribution in [-0.4, -0.2) is 44.6 Å². The van der Waals surface area contributed by atoms with Gasteiger partial charge in [-0.2, -0.15) is 0 Å². The fourth-order valence-corrected chi connectivity index (χ4v) is 3.20. The van der Waals surface area contributed by atoms with Gasteiger partial charge >= 0.3 is 0 Å². The minimum atomic E-state index is -0.0978. The number of nitrogens with zero attached hydrogens (tertiary/aromatic N) is 1. The van der Waals surface area contributed by atoms with Crippen LogP contribution in [0, 0.1) is 5.92 Å². The van der Waals surface area contributed by atoms with Crippen LogP contribution >= 0.6 is 12.4 Å². The van der Waals surface area contributed by atoms with Crippen molar-refractivity contribution in [2.75, 3.05) is 37.7 Å². The quantitative estimate of drug-likeness (QED) is 0.803. The van der Waals surface area contributed by atoms with Crippen LogP contribution in [0.1, 0.15) is 25.7 Å². The molecule has 0 aliphatic carbocycles. The molecule has 1 unspecified atom stereocenters. The molecule has 1 aromatic rings. The van der Waals surface area contributed by atoms with Gasteiger partial charge in [-0.15, -0.1) is 12.4 Å². The second kappa shape index (κ2) is 9.63. The SMILES string of the molecule is Cl.O=C(COc1ccc(N2CCCC2=O)cc1)NCC1CCCNC1. The van der Waals surface area contributed by atoms with Crippen molar-refractivity contribution in [3.05, 3.63) is 24.3 Å². The number of nitrogens with one attached hydrogen (secondary N) is 2. The molecule has 0 saturated carbocycles. The van der Waals surface area contributed by atoms with Crippen molar-refractivity contribution in [2.24, 2.45) is 5.92 Å². The van der Waals surface area contributed by atoms with Crippen molar-refractivity contribution in [3.63, 3.8) is 0 Å². The summed E-state index contributed by atoms with van der Waals surface area (Å²) in [6.45, 7) is 3.54. The van der Waals surface area contributed by atoms with Crippen LogP contribution in [0.4, 0.5) is 5.69 Å². The summed E-state index contributed by atoms with van der Waals surface area (Å²) in [6.07, 6.45) is 3.86. The topological polar surface area (TPSA) is 70.7 Å². The summed E-state index contributed by atoms with van der Waals surface area (Å²) < 4.78 is 5.52. The van der Waals surface area contributed by atoms with Crippen molar-refractivity contribution >= 4 is 29.9 Å². The Hall–Kier alpha value is -1.79. The first kappa shape index (κ1) is 19.5. The van der Waals surface area contributed by atoms with E-state index in [0.717, 1.165) is 38.2 Å². The number of ether oxygens (including phenoxy) is 1. The van der Waals surface area contributed by atoms with E-state index in [-0.39, 0.29) is 30.8 Å². The smallest absolute Gasteiger partial charge is 0.257 e. The monoisotopic (exact) mass is 367 g/mol. The fourth-order valence-electron chi connectivity index (χ4n) is 3.20. The summed E-state index contributed by atoms with van der Waals surface area (Å²) in [7, 11) is 0. The Morgan fingerprint density at radius 3 is 2.72 bits per heavy atom. The van der Waals surface area contributed by atoms with E-state index in [4.69, 9.17) is 4.74 Å². The summed E-state index contributed by atoms with van der Waals surface area (Å²) in [6, 6.07) is 7.34. The van der Waals surface area contributed by atoms with E-state index in [1.54, 1.807) is 17.0 Å². The number of amides is 2. The Morgan fingerprint density at radius 1 is 1.28 bits per heavy atom. The Kier molecular flexibility index (Phi) is 7.52. The van der Waals surface area contributed by atoms with Gasteiger partial charge in [0.2, 0.25) is 5.91 Å². The summed E-state index contributed by atoms with van der Waals surface area (Å²) >= 11 is 0. The number of carbonyl (C=O) groups is 2. The molecule has 0 aromatic heterocycles. The van der Waals surface area contributed by atoms with Gasteiger partial charge in [0, 0.05) is 25.2 Å². The third-order valence-electron chi connectivity index (χ3n) is 4.58. The normalized spacial score (nSPS) is 20.1. The Balaban J connectivity index is 0.00000225. The van der Waals surface area contributed by atoms with Gasteiger partial charge in [-0.05, 0) is 62.5 Å². The summed E-state index contributed by atoms with van der Waals surface area (Å²) in [5.41, 5.74) is 0.888. The molecular formula is C18H26ClN3O3. The number of anilines is 1. The van der Waals surface area contributed by atoms with E-state index >= 15 is 0 Å². The predicted molar refractivity (Wildman–Crippen MR) is 99.4 cm³/mol. The highest BCUT2D eigenvalue weighted by Crippen LogP contribution is 2.23. The highest BCUT2D eigenvalue weighted by molar-refractivity contribution is 5.95. The van der Waals surface area contributed by atoms with Gasteiger partial charge in [-0.1, -0.05) is 0 Å². The first-order valence-corrected chi connectivity index (χ1v) is 8.73. The van der Waals surface area contributed by atoms with Crippen molar-refractivity contribution in [1.29, 1.82) is 0 Å². The largest absolute Gasteiger partial charge is 0.484 e. The molecule has 0 bridgehead atoms. The maximum absolute atomic E-state index is 11.9. The van der Waals surface area contributed by atoms with E-state index in [9.17, 15) is 9.59 Å². The first-order chi connectivity index (χ1) is 11.7. The number of piperidine rings is 1. The third-order valence-corrected chi connectivity index (χ3v) is 4.58. The average Bonchev–Trinajstić information content (AvgIpc) is 3.05. The maximum atomic E-state index is 11.9. The highest BCUT2D eigenvalue weighted by atomic mass is 35.5. The van der Waals surface area contributed by atoms with Gasteiger partial charge in [-0.25, -0.2) is 0 Å². The lowest BCUT2D eigenvalue weighted by molar-refractivity contribution is -0.123. The fraction of sp³-hybridized carbons (Fsp3) is 0.556. The van der Waals surface area contributed by atoms with E-state index in [0.29, 0.717) is 24.6 Å². The van der Waals surface area contributed by atoms with Crippen LogP contribution in [-0.2, 0) is 9.59 Å². The van der Waals surface area contributed by atoms with Gasteiger partial charge < -0.3 is 20.3 Å². The highest BCUT2D eigenvalue weighted by Gasteiger charge is 2.21. The van der Waals surface area contributed by atoms with E-state index < -0.39 is 0 Å². The number of hydrogen-bond donors (Lipinski definition) is 2. The first-order valence-electron chi connectivity index (χ1n) is 8.73. The molecule has 2 saturated heterocycles. The van der Waals surface area contributed by atoms with Gasteiger partial charge in [0.05, 0.1) is 0 Å². The zero-order chi connectivity index (χ0) is 16.8. The van der Waals surface area contributed by atoms with E-state index in [1.807, 2.05) is 12.1 Å². The summed E-state index contributed by atoms with van der Waals surface area (Å²) in [5, 5.41) is 6.27. The molecule has 0 spiro atoms. The Morgan fingerprint density at radius 2 is 2.08 bits per heavy atom. The molecule has 2 aliphatic heterocycles. The zero-order valence-corrected chi connectivity index (χ0v) is 15.1. The van der Waals surface area contributed by atoms with Gasteiger partial charge in [-0.3, -0.25) is 9.59 Å². The van der Waals surface area contributed by atoms with Crippen LogP contribution in [0.3, 0.4) is 0 Å². The molecule has 3 rings (SSSR count). The molecule has 1 atom stereocenters. The zero-order valence-electron chi connectivity index (χ0n) is 14.3. The lowest BCUT2D eigenvalue weighted by Crippen LogP contribution is -2.39. The molecule has 1 aromatic carbocycles. The molecule has 0 radical (unpaired) electrons. The predicted octanol–water partition coefficient (Wildman–Crippen LogP) is 1.73. The third kappa shape index (κ3) is 5.61. The molecule has 2 amide bonds. The van der Waals surface area contributed by atoms with Gasteiger partial charge in [0.25, 0.3) is 5.91 Å². The van der Waals surface area contributed by atoms with Crippen LogP contribution in [0.2, 0.25) is 0 Å². The number of benzene rings is 1. The molecule has 6 nitrogen and oxygen atoms in total. The number of halogens is 1. The average molecular weight is 368 g/mol. The summed E-state index contributed by atoms with van der Waals surface area (Å²) in [4.78, 5) is 25.4. The van der Waals surface area contributed by atoms with Gasteiger partial charge in [0.15, 0.2) is 6.61 Å². The molecule has 25 heavy (non-hydrogen) atoms.